The van der Waals surface area contributed by atoms with Crippen LogP contribution in [0.3, 0.4) is 0 Å². The van der Waals surface area contributed by atoms with Crippen LogP contribution in [0.2, 0.25) is 0 Å². The van der Waals surface area contributed by atoms with Crippen molar-refractivity contribution < 1.29 is 39.6 Å². The van der Waals surface area contributed by atoms with Gasteiger partial charge in [-0.25, -0.2) is 0 Å². The number of carboxylic acid groups (broad SMARTS) is 4. The van der Waals surface area contributed by atoms with Crippen molar-refractivity contribution >= 4 is 47.4 Å². The third-order valence-corrected chi connectivity index (χ3v) is 3.81. The van der Waals surface area contributed by atoms with Crippen LogP contribution in [0.15, 0.2) is 0 Å². The molecule has 0 aromatic heterocycles. The van der Waals surface area contributed by atoms with E-state index >= 15 is 0 Å². The minimum Gasteiger partial charge on any atom is -0.481 e. The molecule has 0 fully saturated rings. The first kappa shape index (κ1) is 22.9. The quantitative estimate of drug-likeness (QED) is 0.377. The lowest BCUT2D eigenvalue weighted by molar-refractivity contribution is -0.137. The van der Waals surface area contributed by atoms with E-state index in [1.54, 1.807) is 0 Å². The van der Waals surface area contributed by atoms with Gasteiger partial charge in [-0.15, -0.1) is 0 Å². The van der Waals surface area contributed by atoms with E-state index in [1.165, 1.54) is 23.5 Å². The molecular weight excluding hydrogens is 336 g/mol. The summed E-state index contributed by atoms with van der Waals surface area (Å²) >= 11 is 2.70. The number of hydrogen-bond donors (Lipinski definition) is 4. The van der Waals surface area contributed by atoms with E-state index in [2.05, 4.69) is 0 Å². The minimum atomic E-state index is -0.840. The third kappa shape index (κ3) is 27.0. The molecule has 0 aliphatic rings. The Labute approximate surface area is 136 Å². The summed E-state index contributed by atoms with van der Waals surface area (Å²) in [5.74, 6) is -1.41. The Morgan fingerprint density at radius 3 is 0.818 bits per heavy atom. The topological polar surface area (TPSA) is 149 Å². The van der Waals surface area contributed by atoms with Crippen molar-refractivity contribution in [3.8, 4) is 0 Å². The molecule has 0 bridgehead atoms. The fourth-order valence-electron chi connectivity index (χ4n) is 0.842. The normalized spacial score (nSPS) is 9.45. The average molecular weight is 356 g/mol. The van der Waals surface area contributed by atoms with Crippen molar-refractivity contribution in [3.63, 3.8) is 0 Å². The van der Waals surface area contributed by atoms with Gasteiger partial charge in [-0.1, -0.05) is 0 Å². The van der Waals surface area contributed by atoms with Crippen LogP contribution in [0.25, 0.3) is 0 Å². The summed E-state index contributed by atoms with van der Waals surface area (Å²) in [4.78, 5) is 39.9. The van der Waals surface area contributed by atoms with Crippen molar-refractivity contribution in [1.82, 2.24) is 0 Å². The third-order valence-electron chi connectivity index (χ3n) is 1.84. The number of carbonyl (C=O) groups is 4. The van der Waals surface area contributed by atoms with E-state index in [9.17, 15) is 19.2 Å². The van der Waals surface area contributed by atoms with Gasteiger partial charge in [0.25, 0.3) is 0 Å². The maximum Gasteiger partial charge on any atom is 0.304 e. The van der Waals surface area contributed by atoms with Crippen LogP contribution in [0.4, 0.5) is 0 Å². The maximum absolute atomic E-state index is 9.97. The van der Waals surface area contributed by atoms with Gasteiger partial charge in [0, 0.05) is 23.0 Å². The van der Waals surface area contributed by atoms with Gasteiger partial charge in [0.05, 0.1) is 25.7 Å². The number of aliphatic carboxylic acids is 4. The Bertz CT molecular complexity index is 293. The molecule has 0 aliphatic heterocycles. The number of carboxylic acids is 4. The predicted octanol–water partition coefficient (Wildman–Crippen LogP) is 1.34. The van der Waals surface area contributed by atoms with E-state index in [1.807, 2.05) is 0 Å². The van der Waals surface area contributed by atoms with Crippen LogP contribution in [0, 0.1) is 0 Å². The lowest BCUT2D eigenvalue weighted by atomic mass is 10.5. The smallest absolute Gasteiger partial charge is 0.304 e. The Balaban J connectivity index is 0. The second-order valence-corrected chi connectivity index (χ2v) is 6.25. The van der Waals surface area contributed by atoms with E-state index in [0.717, 1.165) is 0 Å². The van der Waals surface area contributed by atoms with Crippen LogP contribution in [-0.4, -0.2) is 67.3 Å². The van der Waals surface area contributed by atoms with E-state index in [4.69, 9.17) is 20.4 Å². The lowest BCUT2D eigenvalue weighted by Crippen LogP contribution is -1.99. The molecular formula is C12H20O8S2. The Hall–Kier alpha value is -1.42. The van der Waals surface area contributed by atoms with Crippen molar-refractivity contribution in [3.05, 3.63) is 0 Å². The van der Waals surface area contributed by atoms with Crippen molar-refractivity contribution in [2.24, 2.45) is 0 Å². The highest BCUT2D eigenvalue weighted by molar-refractivity contribution is 7.99. The van der Waals surface area contributed by atoms with Gasteiger partial charge >= 0.3 is 23.9 Å². The minimum absolute atomic E-state index is 0.101. The fourth-order valence-corrected chi connectivity index (χ4v) is 2.53. The number of thioether (sulfide) groups is 2. The fraction of sp³-hybridized carbons (Fsp3) is 0.667. The second-order valence-electron chi connectivity index (χ2n) is 3.80. The van der Waals surface area contributed by atoms with Crippen LogP contribution in [0.1, 0.15) is 25.7 Å². The molecule has 0 aromatic rings. The van der Waals surface area contributed by atoms with Gasteiger partial charge in [-0.2, -0.15) is 23.5 Å². The Morgan fingerprint density at radius 2 is 0.682 bits per heavy atom. The SMILES string of the molecule is O=C(O)CCSCCC(=O)O.O=C(O)CCSCCC(=O)O. The summed E-state index contributed by atoms with van der Waals surface area (Å²) in [7, 11) is 0. The van der Waals surface area contributed by atoms with Gasteiger partial charge in [0.1, 0.15) is 0 Å². The zero-order valence-corrected chi connectivity index (χ0v) is 13.5. The molecule has 10 heteroatoms. The molecule has 0 saturated carbocycles. The van der Waals surface area contributed by atoms with E-state index < -0.39 is 23.9 Å². The summed E-state index contributed by atoms with van der Waals surface area (Å²) in [6.07, 6.45) is 0.406. The molecule has 0 radical (unpaired) electrons. The van der Waals surface area contributed by atoms with Gasteiger partial charge in [0.15, 0.2) is 0 Å². The van der Waals surface area contributed by atoms with Crippen LogP contribution >= 0.6 is 23.5 Å². The van der Waals surface area contributed by atoms with Gasteiger partial charge < -0.3 is 20.4 Å². The molecule has 0 aromatic carbocycles. The first-order valence-corrected chi connectivity index (χ1v) is 8.59. The standard InChI is InChI=1S/2C6H10O4S/c2*7-5(8)1-3-11-4-2-6(9)10/h2*1-4H2,(H,7,8)(H,9,10). The van der Waals surface area contributed by atoms with Crippen molar-refractivity contribution in [1.29, 1.82) is 0 Å². The van der Waals surface area contributed by atoms with Crippen LogP contribution in [0.5, 0.6) is 0 Å². The highest BCUT2D eigenvalue weighted by Gasteiger charge is 1.99. The molecule has 0 saturated heterocycles. The number of rotatable bonds is 12. The first-order valence-electron chi connectivity index (χ1n) is 6.28. The summed E-state index contributed by atoms with van der Waals surface area (Å²) in [6.45, 7) is 0. The highest BCUT2D eigenvalue weighted by Crippen LogP contribution is 2.04. The second kappa shape index (κ2) is 16.0. The molecule has 0 atom stereocenters. The van der Waals surface area contributed by atoms with Crippen molar-refractivity contribution in [2.45, 2.75) is 25.7 Å². The van der Waals surface area contributed by atoms with Crippen LogP contribution in [-0.2, 0) is 19.2 Å². The summed E-state index contributed by atoms with van der Waals surface area (Å²) in [5.41, 5.74) is 0. The zero-order valence-electron chi connectivity index (χ0n) is 11.9. The van der Waals surface area contributed by atoms with Crippen LogP contribution < -0.4 is 0 Å². The molecule has 0 aliphatic carbocycles. The van der Waals surface area contributed by atoms with E-state index in [0.29, 0.717) is 23.0 Å². The summed E-state index contributed by atoms with van der Waals surface area (Å²) in [6, 6.07) is 0. The molecule has 22 heavy (non-hydrogen) atoms. The predicted molar refractivity (Wildman–Crippen MR) is 83.7 cm³/mol. The molecule has 8 nitrogen and oxygen atoms in total. The molecule has 0 unspecified atom stereocenters. The zero-order chi connectivity index (χ0) is 17.4. The molecule has 4 N–H and O–H groups in total. The Morgan fingerprint density at radius 1 is 0.500 bits per heavy atom. The average Bonchev–Trinajstić information content (AvgIpc) is 2.37. The lowest BCUT2D eigenvalue weighted by Gasteiger charge is -1.94. The summed E-state index contributed by atoms with van der Waals surface area (Å²) < 4.78 is 0. The summed E-state index contributed by atoms with van der Waals surface area (Å²) in [5, 5.41) is 32.8. The highest BCUT2D eigenvalue weighted by atomic mass is 32.2. The first-order chi connectivity index (χ1) is 10.3. The molecule has 0 rings (SSSR count). The van der Waals surface area contributed by atoms with Gasteiger partial charge in [0.2, 0.25) is 0 Å². The van der Waals surface area contributed by atoms with Crippen molar-refractivity contribution in [2.75, 3.05) is 23.0 Å². The number of hydrogen-bond acceptors (Lipinski definition) is 6. The molecule has 0 heterocycles. The van der Waals surface area contributed by atoms with Gasteiger partial charge in [-0.05, 0) is 0 Å². The Kier molecular flexibility index (Phi) is 16.6. The molecule has 128 valence electrons. The van der Waals surface area contributed by atoms with Gasteiger partial charge in [-0.3, -0.25) is 19.2 Å². The van der Waals surface area contributed by atoms with E-state index in [-0.39, 0.29) is 25.7 Å². The largest absolute Gasteiger partial charge is 0.481 e. The molecule has 0 amide bonds. The maximum atomic E-state index is 9.97. The molecule has 0 spiro atoms. The monoisotopic (exact) mass is 356 g/mol.